The van der Waals surface area contributed by atoms with Crippen LogP contribution in [0.3, 0.4) is 0 Å². The van der Waals surface area contributed by atoms with Crippen molar-refractivity contribution in [3.63, 3.8) is 0 Å². The van der Waals surface area contributed by atoms with Crippen molar-refractivity contribution >= 4 is 16.1 Å². The second kappa shape index (κ2) is 8.49. The molecule has 0 spiro atoms. The molecule has 0 amide bonds. The van der Waals surface area contributed by atoms with Crippen LogP contribution in [-0.4, -0.2) is 12.7 Å². The smallest absolute Gasteiger partial charge is 0.236 e. The number of hydrogen-bond donors (Lipinski definition) is 0. The zero-order valence-corrected chi connectivity index (χ0v) is 15.3. The molecule has 0 bridgehead atoms. The molecule has 3 aromatic rings. The van der Waals surface area contributed by atoms with Gasteiger partial charge in [0.2, 0.25) is 10.0 Å². The second-order valence-corrected chi connectivity index (χ2v) is 7.73. The van der Waals surface area contributed by atoms with Crippen molar-refractivity contribution in [2.75, 3.05) is 0 Å². The summed E-state index contributed by atoms with van der Waals surface area (Å²) in [6, 6.07) is 21.6. The lowest BCUT2D eigenvalue weighted by Gasteiger charge is -2.19. The summed E-state index contributed by atoms with van der Waals surface area (Å²) in [6.07, 6.45) is 3.09. The molecule has 0 fully saturated rings. The molecule has 0 saturated heterocycles. The van der Waals surface area contributed by atoms with E-state index < -0.39 is 10.0 Å². The fourth-order valence-corrected chi connectivity index (χ4v) is 3.65. The van der Waals surface area contributed by atoms with Crippen LogP contribution in [0, 0.1) is 11.3 Å². The van der Waals surface area contributed by atoms with Crippen LogP contribution in [0.1, 0.15) is 22.5 Å². The normalized spacial score (nSPS) is 11.7. The molecule has 0 aliphatic heterocycles. The average Bonchev–Trinajstić information content (AvgIpc) is 3.20. The van der Waals surface area contributed by atoms with E-state index in [1.165, 1.54) is 16.0 Å². The Morgan fingerprint density at radius 3 is 2.33 bits per heavy atom. The van der Waals surface area contributed by atoms with Crippen LogP contribution in [0.15, 0.2) is 82.8 Å². The van der Waals surface area contributed by atoms with Crippen molar-refractivity contribution in [3.8, 4) is 6.07 Å². The maximum atomic E-state index is 12.9. The molecule has 136 valence electrons. The van der Waals surface area contributed by atoms with Gasteiger partial charge in [0, 0.05) is 12.0 Å². The Bertz CT molecular complexity index is 1030. The highest BCUT2D eigenvalue weighted by molar-refractivity contribution is 7.92. The number of sulfonamides is 1. The number of nitriles is 1. The van der Waals surface area contributed by atoms with Crippen LogP contribution in [0.25, 0.3) is 6.08 Å². The molecule has 0 radical (unpaired) electrons. The number of nitrogens with zero attached hydrogens (tertiary/aromatic N) is 2. The lowest BCUT2D eigenvalue weighted by molar-refractivity contribution is 0.362. The summed E-state index contributed by atoms with van der Waals surface area (Å²) in [5.41, 5.74) is 2.12. The van der Waals surface area contributed by atoms with Gasteiger partial charge in [-0.15, -0.1) is 0 Å². The summed E-state index contributed by atoms with van der Waals surface area (Å²) in [6.45, 7) is 0.294. The van der Waals surface area contributed by atoms with E-state index in [9.17, 15) is 8.42 Å². The van der Waals surface area contributed by atoms with Crippen molar-refractivity contribution in [1.82, 2.24) is 4.31 Å². The molecule has 0 aliphatic carbocycles. The quantitative estimate of drug-likeness (QED) is 0.619. The predicted octanol–water partition coefficient (Wildman–Crippen LogP) is 4.15. The van der Waals surface area contributed by atoms with Crippen LogP contribution >= 0.6 is 0 Å². The average molecular weight is 378 g/mol. The summed E-state index contributed by atoms with van der Waals surface area (Å²) >= 11 is 0. The van der Waals surface area contributed by atoms with Gasteiger partial charge in [0.1, 0.15) is 5.76 Å². The largest absolute Gasteiger partial charge is 0.468 e. The monoisotopic (exact) mass is 378 g/mol. The van der Waals surface area contributed by atoms with Crippen molar-refractivity contribution < 1.29 is 12.8 Å². The van der Waals surface area contributed by atoms with Gasteiger partial charge in [-0.1, -0.05) is 42.5 Å². The maximum absolute atomic E-state index is 12.9. The van der Waals surface area contributed by atoms with E-state index in [4.69, 9.17) is 9.68 Å². The first-order valence-corrected chi connectivity index (χ1v) is 9.82. The van der Waals surface area contributed by atoms with Gasteiger partial charge in [0.05, 0.1) is 24.4 Å². The summed E-state index contributed by atoms with van der Waals surface area (Å²) in [4.78, 5) is 0. The standard InChI is InChI=1S/C21H18N2O3S/c22-15-19-8-10-20(11-9-19)16-23(17-21-7-4-13-26-21)27(24,25)14-12-18-5-2-1-3-6-18/h1-14H,16-17H2/b14-12+. The molecular weight excluding hydrogens is 360 g/mol. The molecule has 27 heavy (non-hydrogen) atoms. The van der Waals surface area contributed by atoms with Crippen LogP contribution in [0.5, 0.6) is 0 Å². The van der Waals surface area contributed by atoms with E-state index in [0.29, 0.717) is 11.3 Å². The third-order valence-corrected chi connectivity index (χ3v) is 5.40. The van der Waals surface area contributed by atoms with Gasteiger partial charge in [-0.2, -0.15) is 9.57 Å². The number of hydrogen-bond acceptors (Lipinski definition) is 4. The van der Waals surface area contributed by atoms with Crippen molar-refractivity contribution in [1.29, 1.82) is 5.26 Å². The fourth-order valence-electron chi connectivity index (χ4n) is 2.52. The summed E-state index contributed by atoms with van der Waals surface area (Å²) in [5, 5.41) is 10.1. The molecule has 6 heteroatoms. The van der Waals surface area contributed by atoms with Gasteiger partial charge < -0.3 is 4.42 Å². The van der Waals surface area contributed by atoms with E-state index in [1.54, 1.807) is 42.5 Å². The van der Waals surface area contributed by atoms with Crippen LogP contribution < -0.4 is 0 Å². The van der Waals surface area contributed by atoms with E-state index in [1.807, 2.05) is 30.3 Å². The predicted molar refractivity (Wildman–Crippen MR) is 104 cm³/mol. The lowest BCUT2D eigenvalue weighted by Crippen LogP contribution is -2.28. The first-order chi connectivity index (χ1) is 13.1. The van der Waals surface area contributed by atoms with Crippen molar-refractivity contribution in [2.45, 2.75) is 13.1 Å². The molecule has 2 aromatic carbocycles. The maximum Gasteiger partial charge on any atom is 0.236 e. The van der Waals surface area contributed by atoms with E-state index in [-0.39, 0.29) is 13.1 Å². The Kier molecular flexibility index (Phi) is 5.87. The number of rotatable bonds is 7. The van der Waals surface area contributed by atoms with Crippen molar-refractivity contribution in [3.05, 3.63) is 101 Å². The molecular formula is C21H18N2O3S. The molecule has 3 rings (SSSR count). The first kappa shape index (κ1) is 18.6. The number of benzene rings is 2. The Morgan fingerprint density at radius 1 is 0.963 bits per heavy atom. The first-order valence-electron chi connectivity index (χ1n) is 8.31. The molecule has 1 aromatic heterocycles. The Balaban J connectivity index is 1.85. The van der Waals surface area contributed by atoms with Gasteiger partial charge in [-0.3, -0.25) is 0 Å². The zero-order chi connectivity index (χ0) is 19.1. The van der Waals surface area contributed by atoms with Crippen molar-refractivity contribution in [2.24, 2.45) is 0 Å². The molecule has 5 nitrogen and oxygen atoms in total. The molecule has 0 saturated carbocycles. The van der Waals surface area contributed by atoms with Gasteiger partial charge >= 0.3 is 0 Å². The molecule has 0 N–H and O–H groups in total. The Labute approximate surface area is 158 Å². The fraction of sp³-hybridized carbons (Fsp3) is 0.0952. The van der Waals surface area contributed by atoms with E-state index in [2.05, 4.69) is 6.07 Å². The number of furan rings is 1. The zero-order valence-electron chi connectivity index (χ0n) is 14.5. The summed E-state index contributed by atoms with van der Waals surface area (Å²) in [7, 11) is -3.68. The molecule has 0 unspecified atom stereocenters. The minimum absolute atomic E-state index is 0.120. The van der Waals surface area contributed by atoms with Crippen LogP contribution in [-0.2, 0) is 23.1 Å². The Morgan fingerprint density at radius 2 is 1.70 bits per heavy atom. The SMILES string of the molecule is N#Cc1ccc(CN(Cc2ccco2)S(=O)(=O)/C=C/c2ccccc2)cc1. The highest BCUT2D eigenvalue weighted by Crippen LogP contribution is 2.17. The summed E-state index contributed by atoms with van der Waals surface area (Å²) in [5.74, 6) is 0.556. The minimum Gasteiger partial charge on any atom is -0.468 e. The lowest BCUT2D eigenvalue weighted by atomic mass is 10.1. The topological polar surface area (TPSA) is 74.3 Å². The third-order valence-electron chi connectivity index (χ3n) is 3.95. The van der Waals surface area contributed by atoms with E-state index >= 15 is 0 Å². The second-order valence-electron chi connectivity index (χ2n) is 5.91. The van der Waals surface area contributed by atoms with Gasteiger partial charge in [-0.05, 0) is 41.5 Å². The van der Waals surface area contributed by atoms with Gasteiger partial charge in [-0.25, -0.2) is 8.42 Å². The minimum atomic E-state index is -3.68. The third kappa shape index (κ3) is 5.17. The summed E-state index contributed by atoms with van der Waals surface area (Å²) < 4.78 is 32.5. The Hall–Kier alpha value is -3.14. The molecule has 0 aliphatic rings. The van der Waals surface area contributed by atoms with Gasteiger partial charge in [0.15, 0.2) is 0 Å². The highest BCUT2D eigenvalue weighted by atomic mass is 32.2. The van der Waals surface area contributed by atoms with Crippen LogP contribution in [0.2, 0.25) is 0 Å². The molecule has 0 atom stereocenters. The van der Waals surface area contributed by atoms with Crippen LogP contribution in [0.4, 0.5) is 0 Å². The van der Waals surface area contributed by atoms with E-state index in [0.717, 1.165) is 11.1 Å². The molecule has 1 heterocycles. The van der Waals surface area contributed by atoms with Gasteiger partial charge in [0.25, 0.3) is 0 Å². The highest BCUT2D eigenvalue weighted by Gasteiger charge is 2.21.